The van der Waals surface area contributed by atoms with Crippen molar-refractivity contribution in [2.45, 2.75) is 6.92 Å². The monoisotopic (exact) mass is 432 g/mol. The fourth-order valence-corrected chi connectivity index (χ4v) is 3.96. The largest absolute Gasteiger partial charge is 0.422 e. The SMILES string of the molecule is Cc1c(C(=O)Oc2cccc3ccccc23)cccc1C(=O)Oc1cccc2ccccc12. The molecule has 0 saturated heterocycles. The normalized spacial score (nSPS) is 10.8. The predicted octanol–water partition coefficient (Wildman–Crippen LogP) is 6.74. The van der Waals surface area contributed by atoms with Gasteiger partial charge in [0.15, 0.2) is 0 Å². The molecule has 0 bridgehead atoms. The number of hydrogen-bond donors (Lipinski definition) is 0. The van der Waals surface area contributed by atoms with Crippen molar-refractivity contribution in [2.24, 2.45) is 0 Å². The van der Waals surface area contributed by atoms with Crippen LogP contribution < -0.4 is 9.47 Å². The molecular formula is C29H20O4. The smallest absolute Gasteiger partial charge is 0.343 e. The fourth-order valence-electron chi connectivity index (χ4n) is 3.96. The van der Waals surface area contributed by atoms with Crippen LogP contribution in [0.15, 0.2) is 103 Å². The van der Waals surface area contributed by atoms with Gasteiger partial charge in [0.05, 0.1) is 11.1 Å². The van der Waals surface area contributed by atoms with Crippen LogP contribution in [0.25, 0.3) is 21.5 Å². The molecule has 0 aliphatic carbocycles. The number of carbonyl (C=O) groups is 2. The summed E-state index contributed by atoms with van der Waals surface area (Å²) in [5, 5.41) is 3.65. The van der Waals surface area contributed by atoms with Crippen LogP contribution in [0.1, 0.15) is 26.3 Å². The first kappa shape index (κ1) is 20.5. The van der Waals surface area contributed by atoms with Crippen molar-refractivity contribution in [1.82, 2.24) is 0 Å². The first-order valence-corrected chi connectivity index (χ1v) is 10.6. The highest BCUT2D eigenvalue weighted by molar-refractivity contribution is 6.01. The average Bonchev–Trinajstić information content (AvgIpc) is 2.84. The third-order valence-electron chi connectivity index (χ3n) is 5.68. The van der Waals surface area contributed by atoms with Gasteiger partial charge in [-0.1, -0.05) is 78.9 Å². The standard InChI is InChI=1S/C29H20O4/c1-19-22(28(30)32-26-17-6-11-20-9-2-4-13-24(20)26)15-8-16-23(19)29(31)33-27-18-7-12-21-10-3-5-14-25(21)27/h2-18H,1H3. The van der Waals surface area contributed by atoms with E-state index in [9.17, 15) is 9.59 Å². The van der Waals surface area contributed by atoms with E-state index in [1.807, 2.05) is 72.8 Å². The lowest BCUT2D eigenvalue weighted by Crippen LogP contribution is -2.16. The second-order valence-corrected chi connectivity index (χ2v) is 7.71. The molecule has 0 unspecified atom stereocenters. The molecule has 0 radical (unpaired) electrons. The van der Waals surface area contributed by atoms with Crippen LogP contribution in [0.2, 0.25) is 0 Å². The van der Waals surface area contributed by atoms with E-state index in [1.165, 1.54) is 0 Å². The molecule has 5 rings (SSSR count). The van der Waals surface area contributed by atoms with Gasteiger partial charge in [0.25, 0.3) is 0 Å². The van der Waals surface area contributed by atoms with Crippen molar-refractivity contribution in [1.29, 1.82) is 0 Å². The van der Waals surface area contributed by atoms with Crippen molar-refractivity contribution in [3.63, 3.8) is 0 Å². The highest BCUT2D eigenvalue weighted by Gasteiger charge is 2.20. The Kier molecular flexibility index (Phi) is 5.33. The number of hydrogen-bond acceptors (Lipinski definition) is 4. The van der Waals surface area contributed by atoms with Crippen molar-refractivity contribution in [3.05, 3.63) is 120 Å². The van der Waals surface area contributed by atoms with Gasteiger partial charge in [-0.3, -0.25) is 0 Å². The molecule has 160 valence electrons. The van der Waals surface area contributed by atoms with Crippen LogP contribution in [0, 0.1) is 6.92 Å². The molecule has 0 spiro atoms. The molecule has 0 aliphatic rings. The van der Waals surface area contributed by atoms with Gasteiger partial charge in [-0.05, 0) is 47.5 Å². The molecule has 33 heavy (non-hydrogen) atoms. The molecule has 5 aromatic carbocycles. The molecule has 0 aliphatic heterocycles. The van der Waals surface area contributed by atoms with Gasteiger partial charge in [0.1, 0.15) is 11.5 Å². The van der Waals surface area contributed by atoms with E-state index >= 15 is 0 Å². The Morgan fingerprint density at radius 3 is 1.39 bits per heavy atom. The maximum Gasteiger partial charge on any atom is 0.343 e. The molecule has 4 heteroatoms. The molecular weight excluding hydrogens is 412 g/mol. The Hall–Kier alpha value is -4.44. The summed E-state index contributed by atoms with van der Waals surface area (Å²) < 4.78 is 11.4. The van der Waals surface area contributed by atoms with E-state index in [4.69, 9.17) is 9.47 Å². The van der Waals surface area contributed by atoms with Crippen LogP contribution in [-0.4, -0.2) is 11.9 Å². The second kappa shape index (κ2) is 8.60. The maximum atomic E-state index is 13.0. The Morgan fingerprint density at radius 2 is 0.909 bits per heavy atom. The van der Waals surface area contributed by atoms with Gasteiger partial charge in [-0.15, -0.1) is 0 Å². The molecule has 0 N–H and O–H groups in total. The summed E-state index contributed by atoms with van der Waals surface area (Å²) in [5.41, 5.74) is 1.14. The van der Waals surface area contributed by atoms with Crippen LogP contribution in [0.5, 0.6) is 11.5 Å². The number of benzene rings is 5. The zero-order valence-electron chi connectivity index (χ0n) is 17.9. The number of rotatable bonds is 4. The van der Waals surface area contributed by atoms with E-state index in [2.05, 4.69) is 0 Å². The van der Waals surface area contributed by atoms with Crippen LogP contribution in [0.4, 0.5) is 0 Å². The van der Waals surface area contributed by atoms with Crippen LogP contribution >= 0.6 is 0 Å². The molecule has 0 fully saturated rings. The van der Waals surface area contributed by atoms with Gasteiger partial charge in [0, 0.05) is 10.8 Å². The van der Waals surface area contributed by atoms with Crippen LogP contribution in [0.3, 0.4) is 0 Å². The zero-order chi connectivity index (χ0) is 22.8. The van der Waals surface area contributed by atoms with Gasteiger partial charge >= 0.3 is 11.9 Å². The summed E-state index contributed by atoms with van der Waals surface area (Å²) in [6.45, 7) is 1.72. The topological polar surface area (TPSA) is 52.6 Å². The highest BCUT2D eigenvalue weighted by Crippen LogP contribution is 2.28. The summed E-state index contributed by atoms with van der Waals surface area (Å²) in [5.74, 6) is -0.102. The summed E-state index contributed by atoms with van der Waals surface area (Å²) in [7, 11) is 0. The van der Waals surface area contributed by atoms with Crippen molar-refractivity contribution in [2.75, 3.05) is 0 Å². The Balaban J connectivity index is 1.43. The minimum atomic E-state index is -0.524. The number of esters is 2. The summed E-state index contributed by atoms with van der Waals surface area (Å²) in [4.78, 5) is 26.0. The minimum Gasteiger partial charge on any atom is -0.422 e. The molecule has 0 aromatic heterocycles. The molecule has 0 atom stereocenters. The summed E-state index contributed by atoms with van der Waals surface area (Å²) >= 11 is 0. The van der Waals surface area contributed by atoms with E-state index in [-0.39, 0.29) is 0 Å². The lowest BCUT2D eigenvalue weighted by Gasteiger charge is -2.13. The first-order chi connectivity index (χ1) is 16.1. The van der Waals surface area contributed by atoms with E-state index in [0.29, 0.717) is 28.2 Å². The highest BCUT2D eigenvalue weighted by atomic mass is 16.5. The van der Waals surface area contributed by atoms with E-state index in [1.54, 1.807) is 37.3 Å². The van der Waals surface area contributed by atoms with Crippen molar-refractivity contribution in [3.8, 4) is 11.5 Å². The van der Waals surface area contributed by atoms with Crippen molar-refractivity contribution < 1.29 is 19.1 Å². The summed E-state index contributed by atoms with van der Waals surface area (Å²) in [6, 6.07) is 31.5. The van der Waals surface area contributed by atoms with Crippen LogP contribution in [-0.2, 0) is 0 Å². The van der Waals surface area contributed by atoms with E-state index in [0.717, 1.165) is 21.5 Å². The quantitative estimate of drug-likeness (QED) is 0.233. The molecule has 0 heterocycles. The third kappa shape index (κ3) is 3.94. The molecule has 0 amide bonds. The number of fused-ring (bicyclic) bond motifs is 2. The molecule has 0 saturated carbocycles. The fraction of sp³-hybridized carbons (Fsp3) is 0.0345. The third-order valence-corrected chi connectivity index (χ3v) is 5.68. The maximum absolute atomic E-state index is 13.0. The zero-order valence-corrected chi connectivity index (χ0v) is 17.9. The summed E-state index contributed by atoms with van der Waals surface area (Å²) in [6.07, 6.45) is 0. The minimum absolute atomic E-state index is 0.315. The van der Waals surface area contributed by atoms with Gasteiger partial charge in [0.2, 0.25) is 0 Å². The number of ether oxygens (including phenoxy) is 2. The predicted molar refractivity (Wildman–Crippen MR) is 129 cm³/mol. The first-order valence-electron chi connectivity index (χ1n) is 10.6. The Labute approximate surface area is 191 Å². The van der Waals surface area contributed by atoms with Gasteiger partial charge in [-0.2, -0.15) is 0 Å². The van der Waals surface area contributed by atoms with Crippen molar-refractivity contribution >= 4 is 33.5 Å². The molecule has 4 nitrogen and oxygen atoms in total. The lowest BCUT2D eigenvalue weighted by molar-refractivity contribution is 0.0736. The van der Waals surface area contributed by atoms with Gasteiger partial charge in [-0.25, -0.2) is 9.59 Å². The Bertz CT molecular complexity index is 1400. The molecule has 5 aromatic rings. The lowest BCUT2D eigenvalue weighted by atomic mass is 10.0. The number of carbonyl (C=O) groups excluding carboxylic acids is 2. The second-order valence-electron chi connectivity index (χ2n) is 7.71. The Morgan fingerprint density at radius 1 is 0.515 bits per heavy atom. The average molecular weight is 432 g/mol. The van der Waals surface area contributed by atoms with E-state index < -0.39 is 11.9 Å². The van der Waals surface area contributed by atoms with Gasteiger partial charge < -0.3 is 9.47 Å².